The van der Waals surface area contributed by atoms with E-state index in [-0.39, 0.29) is 36.8 Å². The lowest BCUT2D eigenvalue weighted by molar-refractivity contribution is -0.131. The molecule has 2 unspecified atom stereocenters. The predicted octanol–water partition coefficient (Wildman–Crippen LogP) is 5.12. The summed E-state index contributed by atoms with van der Waals surface area (Å²) >= 11 is 7.50. The van der Waals surface area contributed by atoms with Crippen LogP contribution in [-0.4, -0.2) is 45.5 Å². The van der Waals surface area contributed by atoms with Crippen LogP contribution >= 0.6 is 23.4 Å². The van der Waals surface area contributed by atoms with E-state index in [1.807, 2.05) is 29.7 Å². The quantitative estimate of drug-likeness (QED) is 0.446. The first-order valence-corrected chi connectivity index (χ1v) is 13.0. The number of nitrogens with one attached hydrogen (secondary N) is 1. The molecule has 0 radical (unpaired) electrons. The summed E-state index contributed by atoms with van der Waals surface area (Å²) in [6.07, 6.45) is 4.13. The van der Waals surface area contributed by atoms with Gasteiger partial charge in [0.05, 0.1) is 12.6 Å². The minimum atomic E-state index is -0.407. The third kappa shape index (κ3) is 6.05. The molecule has 0 saturated carbocycles. The van der Waals surface area contributed by atoms with E-state index < -0.39 is 11.3 Å². The molecule has 0 aliphatic carbocycles. The maximum absolute atomic E-state index is 14.2. The Bertz CT molecular complexity index is 1130. The van der Waals surface area contributed by atoms with Crippen molar-refractivity contribution in [1.29, 1.82) is 0 Å². The van der Waals surface area contributed by atoms with E-state index in [0.717, 1.165) is 5.56 Å². The molecule has 9 heteroatoms. The lowest BCUT2D eigenvalue weighted by Crippen LogP contribution is -2.61. The van der Waals surface area contributed by atoms with Crippen LogP contribution < -0.4 is 5.32 Å². The van der Waals surface area contributed by atoms with Crippen LogP contribution in [0.5, 0.6) is 0 Å². The van der Waals surface area contributed by atoms with Gasteiger partial charge in [0.25, 0.3) is 0 Å². The summed E-state index contributed by atoms with van der Waals surface area (Å²) in [5.74, 6) is -0.651. The molecule has 4 amide bonds. The van der Waals surface area contributed by atoms with E-state index in [4.69, 9.17) is 11.6 Å². The van der Waals surface area contributed by atoms with Crippen molar-refractivity contribution in [3.63, 3.8) is 0 Å². The van der Waals surface area contributed by atoms with E-state index in [1.54, 1.807) is 29.2 Å². The first-order chi connectivity index (χ1) is 17.0. The Labute approximate surface area is 213 Å². The van der Waals surface area contributed by atoms with Gasteiger partial charge in [-0.15, -0.1) is 11.8 Å². The number of unbranched alkanes of at least 4 members (excludes halogenated alkanes) is 2. The van der Waals surface area contributed by atoms with Crippen molar-refractivity contribution in [3.8, 4) is 0 Å². The lowest BCUT2D eigenvalue weighted by Gasteiger charge is -2.41. The van der Waals surface area contributed by atoms with Crippen molar-refractivity contribution in [2.24, 2.45) is 0 Å². The van der Waals surface area contributed by atoms with Gasteiger partial charge >= 0.3 is 6.03 Å². The number of imide groups is 1. The molecule has 2 aliphatic heterocycles. The highest BCUT2D eigenvalue weighted by atomic mass is 35.5. The fourth-order valence-corrected chi connectivity index (χ4v) is 5.51. The molecule has 6 nitrogen and oxygen atoms in total. The molecule has 2 heterocycles. The van der Waals surface area contributed by atoms with Crippen molar-refractivity contribution in [2.45, 2.75) is 50.1 Å². The Hall–Kier alpha value is -2.84. The maximum Gasteiger partial charge on any atom is 0.327 e. The lowest BCUT2D eigenvalue weighted by atomic mass is 10.1. The Morgan fingerprint density at radius 1 is 1.03 bits per heavy atom. The molecule has 2 aliphatic rings. The molecule has 2 atom stereocenters. The number of thioether (sulfide) groups is 1. The number of rotatable bonds is 10. The number of carbonyl (C=O) groups is 3. The third-order valence-corrected chi connectivity index (χ3v) is 7.63. The van der Waals surface area contributed by atoms with E-state index in [9.17, 15) is 18.8 Å². The largest absolute Gasteiger partial charge is 0.352 e. The Kier molecular flexibility index (Phi) is 8.46. The average molecular weight is 516 g/mol. The molecule has 35 heavy (non-hydrogen) atoms. The number of hydrogen-bond acceptors (Lipinski definition) is 4. The zero-order valence-corrected chi connectivity index (χ0v) is 20.7. The van der Waals surface area contributed by atoms with Crippen LogP contribution in [0, 0.1) is 5.82 Å². The normalized spacial score (nSPS) is 19.3. The van der Waals surface area contributed by atoms with Crippen LogP contribution in [0.4, 0.5) is 9.18 Å². The SMILES string of the molecule is O=C(CCCCCN1C(=O)C2SC=CC2N(Cc2ccccc2F)C1=O)NCc1ccccc1Cl. The van der Waals surface area contributed by atoms with E-state index in [2.05, 4.69) is 5.32 Å². The summed E-state index contributed by atoms with van der Waals surface area (Å²) in [4.78, 5) is 41.2. The van der Waals surface area contributed by atoms with Crippen molar-refractivity contribution in [1.82, 2.24) is 15.1 Å². The molecule has 0 bridgehead atoms. The fraction of sp³-hybridized carbons (Fsp3) is 0.346. The molecule has 0 aromatic heterocycles. The average Bonchev–Trinajstić information content (AvgIpc) is 3.34. The summed E-state index contributed by atoms with van der Waals surface area (Å²) in [6.45, 7) is 0.755. The fourth-order valence-electron chi connectivity index (χ4n) is 4.24. The van der Waals surface area contributed by atoms with E-state index in [0.29, 0.717) is 42.8 Å². The molecule has 184 valence electrons. The maximum atomic E-state index is 14.2. The van der Waals surface area contributed by atoms with Crippen LogP contribution in [0.1, 0.15) is 36.8 Å². The minimum Gasteiger partial charge on any atom is -0.352 e. The third-order valence-electron chi connectivity index (χ3n) is 6.17. The van der Waals surface area contributed by atoms with Gasteiger partial charge in [0.1, 0.15) is 11.1 Å². The van der Waals surface area contributed by atoms with Crippen molar-refractivity contribution < 1.29 is 18.8 Å². The molecule has 1 N–H and O–H groups in total. The van der Waals surface area contributed by atoms with Crippen LogP contribution in [0.3, 0.4) is 0 Å². The second-order valence-electron chi connectivity index (χ2n) is 8.55. The number of urea groups is 1. The van der Waals surface area contributed by atoms with E-state index in [1.165, 1.54) is 22.7 Å². The summed E-state index contributed by atoms with van der Waals surface area (Å²) in [6, 6.07) is 13.0. The van der Waals surface area contributed by atoms with Gasteiger partial charge in [-0.1, -0.05) is 60.5 Å². The number of amides is 4. The molecule has 0 spiro atoms. The van der Waals surface area contributed by atoms with Crippen LogP contribution in [0.25, 0.3) is 0 Å². The van der Waals surface area contributed by atoms with Gasteiger partial charge in [-0.2, -0.15) is 0 Å². The summed E-state index contributed by atoms with van der Waals surface area (Å²) in [7, 11) is 0. The summed E-state index contributed by atoms with van der Waals surface area (Å²) in [5, 5.41) is 4.91. The molecule has 2 aromatic rings. The van der Waals surface area contributed by atoms with Gasteiger partial charge in [0.2, 0.25) is 11.8 Å². The Balaban J connectivity index is 1.26. The summed E-state index contributed by atoms with van der Waals surface area (Å²) < 4.78 is 14.2. The van der Waals surface area contributed by atoms with Crippen LogP contribution in [-0.2, 0) is 22.7 Å². The Morgan fingerprint density at radius 3 is 2.54 bits per heavy atom. The molecule has 1 saturated heterocycles. The van der Waals surface area contributed by atoms with Gasteiger partial charge in [-0.25, -0.2) is 9.18 Å². The zero-order chi connectivity index (χ0) is 24.8. The number of benzene rings is 2. The zero-order valence-electron chi connectivity index (χ0n) is 19.2. The van der Waals surface area contributed by atoms with Crippen molar-refractivity contribution >= 4 is 41.2 Å². The highest BCUT2D eigenvalue weighted by Gasteiger charge is 2.47. The standard InChI is InChI=1S/C26H27ClFN3O3S/c27-20-10-5-3-8-18(20)16-29-23(32)12-2-1-7-14-30-25(33)24-22(13-15-35-24)31(26(30)34)17-19-9-4-6-11-21(19)28/h3-6,8-11,13,15,22,24H,1-2,7,12,14,16-17H2,(H,29,32). The van der Waals surface area contributed by atoms with Crippen LogP contribution in [0.2, 0.25) is 5.02 Å². The molecular formula is C26H27ClFN3O3S. The first-order valence-electron chi connectivity index (χ1n) is 11.6. The van der Waals surface area contributed by atoms with Crippen LogP contribution in [0.15, 0.2) is 60.0 Å². The number of hydrogen-bond donors (Lipinski definition) is 1. The first kappa shape index (κ1) is 25.3. The van der Waals surface area contributed by atoms with Crippen molar-refractivity contribution in [2.75, 3.05) is 6.54 Å². The van der Waals surface area contributed by atoms with E-state index >= 15 is 0 Å². The number of fused-ring (bicyclic) bond motifs is 1. The molecule has 4 rings (SSSR count). The van der Waals surface area contributed by atoms with Crippen molar-refractivity contribution in [3.05, 3.63) is 82.0 Å². The topological polar surface area (TPSA) is 69.7 Å². The highest BCUT2D eigenvalue weighted by Crippen LogP contribution is 2.35. The second kappa shape index (κ2) is 11.7. The van der Waals surface area contributed by atoms with Gasteiger partial charge in [-0.3, -0.25) is 14.5 Å². The second-order valence-corrected chi connectivity index (χ2v) is 10.0. The Morgan fingerprint density at radius 2 is 1.77 bits per heavy atom. The molecular weight excluding hydrogens is 489 g/mol. The van der Waals surface area contributed by atoms with Gasteiger partial charge in [-0.05, 0) is 35.9 Å². The number of carbonyl (C=O) groups excluding carboxylic acids is 3. The summed E-state index contributed by atoms with van der Waals surface area (Å²) in [5.41, 5.74) is 1.28. The number of halogens is 2. The molecule has 1 fully saturated rings. The highest BCUT2D eigenvalue weighted by molar-refractivity contribution is 8.03. The predicted molar refractivity (Wildman–Crippen MR) is 135 cm³/mol. The monoisotopic (exact) mass is 515 g/mol. The smallest absolute Gasteiger partial charge is 0.327 e. The molecule has 2 aromatic carbocycles. The van der Waals surface area contributed by atoms with Gasteiger partial charge in [0.15, 0.2) is 0 Å². The van der Waals surface area contributed by atoms with Gasteiger partial charge < -0.3 is 10.2 Å². The van der Waals surface area contributed by atoms with Gasteiger partial charge in [0, 0.05) is 30.1 Å². The number of nitrogens with zero attached hydrogens (tertiary/aromatic N) is 2. The minimum absolute atomic E-state index is 0.0672.